The van der Waals surface area contributed by atoms with Gasteiger partial charge in [0.05, 0.1) is 6.61 Å². The smallest absolute Gasteiger partial charge is 0.126 e. The summed E-state index contributed by atoms with van der Waals surface area (Å²) in [5, 5.41) is 7.33. The van der Waals surface area contributed by atoms with Gasteiger partial charge in [0.2, 0.25) is 0 Å². The zero-order chi connectivity index (χ0) is 13.7. The molecule has 2 aromatic rings. The van der Waals surface area contributed by atoms with E-state index in [0.29, 0.717) is 6.61 Å². The van der Waals surface area contributed by atoms with Crippen molar-refractivity contribution in [2.24, 2.45) is 7.05 Å². The summed E-state index contributed by atoms with van der Waals surface area (Å²) >= 11 is 0. The fourth-order valence-corrected chi connectivity index (χ4v) is 2.15. The van der Waals surface area contributed by atoms with E-state index in [2.05, 4.69) is 35.5 Å². The third-order valence-electron chi connectivity index (χ3n) is 3.19. The van der Waals surface area contributed by atoms with E-state index in [1.807, 2.05) is 31.0 Å². The molecule has 1 N–H and O–H groups in total. The van der Waals surface area contributed by atoms with Crippen LogP contribution in [-0.2, 0) is 20.0 Å². The highest BCUT2D eigenvalue weighted by molar-refractivity contribution is 5.40. The third-order valence-corrected chi connectivity index (χ3v) is 3.19. The van der Waals surface area contributed by atoms with E-state index >= 15 is 0 Å². The summed E-state index contributed by atoms with van der Waals surface area (Å²) in [6.45, 7) is 3.57. The monoisotopic (exact) mass is 259 g/mol. The van der Waals surface area contributed by atoms with Crippen molar-refractivity contribution in [2.45, 2.75) is 19.9 Å². The van der Waals surface area contributed by atoms with Gasteiger partial charge in [-0.15, -0.1) is 0 Å². The van der Waals surface area contributed by atoms with Crippen molar-refractivity contribution in [1.82, 2.24) is 15.1 Å². The first-order valence-corrected chi connectivity index (χ1v) is 6.55. The molecule has 2 rings (SSSR count). The van der Waals surface area contributed by atoms with Crippen LogP contribution in [0.15, 0.2) is 30.5 Å². The van der Waals surface area contributed by atoms with Gasteiger partial charge in [-0.2, -0.15) is 5.10 Å². The highest BCUT2D eigenvalue weighted by Gasteiger charge is 2.07. The minimum absolute atomic E-state index is 0.668. The fraction of sp³-hybridized carbons (Fsp3) is 0.400. The first kappa shape index (κ1) is 13.6. The van der Waals surface area contributed by atoms with Gasteiger partial charge in [0, 0.05) is 37.5 Å². The quantitative estimate of drug-likeness (QED) is 0.863. The summed E-state index contributed by atoms with van der Waals surface area (Å²) in [4.78, 5) is 0. The van der Waals surface area contributed by atoms with E-state index in [1.54, 1.807) is 0 Å². The topological polar surface area (TPSA) is 39.1 Å². The number of rotatable bonds is 6. The Kier molecular flexibility index (Phi) is 4.58. The maximum atomic E-state index is 5.97. The molecule has 0 saturated carbocycles. The summed E-state index contributed by atoms with van der Waals surface area (Å²) in [5.41, 5.74) is 3.56. The Balaban J connectivity index is 2.01. The minimum Gasteiger partial charge on any atom is -0.493 e. The fourth-order valence-electron chi connectivity index (χ4n) is 2.15. The number of ether oxygens (including phenoxy) is 1. The molecule has 0 radical (unpaired) electrons. The van der Waals surface area contributed by atoms with Crippen molar-refractivity contribution < 1.29 is 4.74 Å². The lowest BCUT2D eigenvalue weighted by atomic mass is 10.1. The molecule has 0 bridgehead atoms. The molecule has 0 spiro atoms. The molecular formula is C15H21N3O. The van der Waals surface area contributed by atoms with Gasteiger partial charge in [-0.1, -0.05) is 18.2 Å². The summed E-state index contributed by atoms with van der Waals surface area (Å²) in [6.07, 6.45) is 2.68. The van der Waals surface area contributed by atoms with Gasteiger partial charge in [0.1, 0.15) is 5.75 Å². The van der Waals surface area contributed by atoms with E-state index < -0.39 is 0 Å². The second-order valence-corrected chi connectivity index (χ2v) is 4.64. The molecule has 0 saturated heterocycles. The maximum Gasteiger partial charge on any atom is 0.126 e. The van der Waals surface area contributed by atoms with Gasteiger partial charge in [-0.3, -0.25) is 4.68 Å². The van der Waals surface area contributed by atoms with E-state index in [9.17, 15) is 0 Å². The molecule has 0 aliphatic carbocycles. The minimum atomic E-state index is 0.668. The second kappa shape index (κ2) is 6.38. The molecule has 0 amide bonds. The molecule has 0 aliphatic heterocycles. The van der Waals surface area contributed by atoms with E-state index in [0.717, 1.165) is 18.7 Å². The van der Waals surface area contributed by atoms with E-state index in [-0.39, 0.29) is 0 Å². The first-order valence-electron chi connectivity index (χ1n) is 6.55. The Morgan fingerprint density at radius 3 is 2.84 bits per heavy atom. The SMILES string of the molecule is CNCc1cccc(C)c1OCCc1ccnn1C. The Bertz CT molecular complexity index is 534. The van der Waals surface area contributed by atoms with Crippen LogP contribution in [0.5, 0.6) is 5.75 Å². The molecule has 0 fully saturated rings. The lowest BCUT2D eigenvalue weighted by Gasteiger charge is -2.14. The lowest BCUT2D eigenvalue weighted by Crippen LogP contribution is -2.11. The van der Waals surface area contributed by atoms with Crippen LogP contribution < -0.4 is 10.1 Å². The number of hydrogen-bond donors (Lipinski definition) is 1. The molecule has 1 aromatic carbocycles. The van der Waals surface area contributed by atoms with Crippen LogP contribution in [0, 0.1) is 6.92 Å². The van der Waals surface area contributed by atoms with Crippen molar-refractivity contribution in [3.8, 4) is 5.75 Å². The standard InChI is InChI=1S/C15H21N3O/c1-12-5-4-6-13(11-16-2)15(12)19-10-8-14-7-9-17-18(14)3/h4-7,9,16H,8,10-11H2,1-3H3. The van der Waals surface area contributed by atoms with Gasteiger partial charge < -0.3 is 10.1 Å². The third kappa shape index (κ3) is 3.35. The van der Waals surface area contributed by atoms with Crippen LogP contribution in [-0.4, -0.2) is 23.4 Å². The van der Waals surface area contributed by atoms with Crippen LogP contribution in [0.2, 0.25) is 0 Å². The van der Waals surface area contributed by atoms with Crippen LogP contribution in [0.25, 0.3) is 0 Å². The van der Waals surface area contributed by atoms with Crippen LogP contribution in [0.1, 0.15) is 16.8 Å². The van der Waals surface area contributed by atoms with E-state index in [4.69, 9.17) is 4.74 Å². The number of benzene rings is 1. The lowest BCUT2D eigenvalue weighted by molar-refractivity contribution is 0.312. The molecule has 0 atom stereocenters. The molecule has 4 heteroatoms. The second-order valence-electron chi connectivity index (χ2n) is 4.64. The van der Waals surface area contributed by atoms with Crippen molar-refractivity contribution in [3.05, 3.63) is 47.3 Å². The number of hydrogen-bond acceptors (Lipinski definition) is 3. The van der Waals surface area contributed by atoms with Crippen LogP contribution in [0.4, 0.5) is 0 Å². The predicted molar refractivity (Wildman–Crippen MR) is 76.3 cm³/mol. The van der Waals surface area contributed by atoms with Gasteiger partial charge in [-0.05, 0) is 25.6 Å². The highest BCUT2D eigenvalue weighted by atomic mass is 16.5. The molecule has 1 heterocycles. The highest BCUT2D eigenvalue weighted by Crippen LogP contribution is 2.23. The molecule has 0 unspecified atom stereocenters. The largest absolute Gasteiger partial charge is 0.493 e. The Morgan fingerprint density at radius 1 is 1.32 bits per heavy atom. The molecule has 4 nitrogen and oxygen atoms in total. The van der Waals surface area contributed by atoms with Crippen molar-refractivity contribution in [3.63, 3.8) is 0 Å². The van der Waals surface area contributed by atoms with Crippen LogP contribution >= 0.6 is 0 Å². The average Bonchev–Trinajstić information content (AvgIpc) is 2.79. The summed E-state index contributed by atoms with van der Waals surface area (Å²) in [5.74, 6) is 0.999. The normalized spacial score (nSPS) is 10.7. The summed E-state index contributed by atoms with van der Waals surface area (Å²) < 4.78 is 7.85. The van der Waals surface area contributed by atoms with Gasteiger partial charge in [0.15, 0.2) is 0 Å². The first-order chi connectivity index (χ1) is 9.22. The zero-order valence-electron chi connectivity index (χ0n) is 11.8. The molecule has 0 aliphatic rings. The van der Waals surface area contributed by atoms with E-state index in [1.165, 1.54) is 16.8 Å². The Labute approximate surface area is 114 Å². The Hall–Kier alpha value is -1.81. The van der Waals surface area contributed by atoms with Gasteiger partial charge in [0.25, 0.3) is 0 Å². The molecule has 19 heavy (non-hydrogen) atoms. The summed E-state index contributed by atoms with van der Waals surface area (Å²) in [6, 6.07) is 8.27. The summed E-state index contributed by atoms with van der Waals surface area (Å²) in [7, 11) is 3.90. The molecule has 102 valence electrons. The number of aromatic nitrogens is 2. The van der Waals surface area contributed by atoms with Crippen molar-refractivity contribution in [2.75, 3.05) is 13.7 Å². The number of aryl methyl sites for hydroxylation is 2. The van der Waals surface area contributed by atoms with Gasteiger partial charge >= 0.3 is 0 Å². The van der Waals surface area contributed by atoms with Crippen LogP contribution in [0.3, 0.4) is 0 Å². The number of nitrogens with one attached hydrogen (secondary N) is 1. The Morgan fingerprint density at radius 2 is 2.16 bits per heavy atom. The van der Waals surface area contributed by atoms with Crippen molar-refractivity contribution >= 4 is 0 Å². The maximum absolute atomic E-state index is 5.97. The predicted octanol–water partition coefficient (Wildman–Crippen LogP) is 2.07. The molecular weight excluding hydrogens is 238 g/mol. The average molecular weight is 259 g/mol. The number of para-hydroxylation sites is 1. The van der Waals surface area contributed by atoms with Crippen molar-refractivity contribution in [1.29, 1.82) is 0 Å². The number of nitrogens with zero attached hydrogens (tertiary/aromatic N) is 2. The van der Waals surface area contributed by atoms with Gasteiger partial charge in [-0.25, -0.2) is 0 Å². The zero-order valence-corrected chi connectivity index (χ0v) is 11.8. The molecule has 1 aromatic heterocycles.